The SMILES string of the molecule is COS(=O)(=O)CCN1CCSCC1. The van der Waals surface area contributed by atoms with Gasteiger partial charge in [0.25, 0.3) is 10.1 Å². The van der Waals surface area contributed by atoms with Gasteiger partial charge in [0.05, 0.1) is 12.9 Å². The lowest BCUT2D eigenvalue weighted by molar-refractivity contribution is 0.313. The average molecular weight is 225 g/mol. The highest BCUT2D eigenvalue weighted by molar-refractivity contribution is 7.99. The number of thioether (sulfide) groups is 1. The van der Waals surface area contributed by atoms with Crippen LogP contribution in [-0.4, -0.2) is 57.3 Å². The van der Waals surface area contributed by atoms with Gasteiger partial charge in [-0.3, -0.25) is 4.18 Å². The smallest absolute Gasteiger partial charge is 0.268 e. The molecule has 0 bridgehead atoms. The van der Waals surface area contributed by atoms with Crippen LogP contribution in [0.25, 0.3) is 0 Å². The largest absolute Gasteiger partial charge is 0.301 e. The van der Waals surface area contributed by atoms with Gasteiger partial charge >= 0.3 is 0 Å². The van der Waals surface area contributed by atoms with Crippen molar-refractivity contribution in [2.75, 3.05) is 44.0 Å². The van der Waals surface area contributed by atoms with Crippen LogP contribution < -0.4 is 0 Å². The first-order chi connectivity index (χ1) is 6.14. The van der Waals surface area contributed by atoms with Gasteiger partial charge in [-0.1, -0.05) is 0 Å². The number of nitrogens with zero attached hydrogens (tertiary/aromatic N) is 1. The standard InChI is InChI=1S/C7H15NO3S2/c1-11-13(9,10)7-4-8-2-5-12-6-3-8/h2-7H2,1H3. The summed E-state index contributed by atoms with van der Waals surface area (Å²) in [6, 6.07) is 0. The van der Waals surface area contributed by atoms with Crippen molar-refractivity contribution in [3.05, 3.63) is 0 Å². The van der Waals surface area contributed by atoms with E-state index in [9.17, 15) is 8.42 Å². The third-order valence-corrected chi connectivity index (χ3v) is 4.15. The molecule has 1 rings (SSSR count). The molecule has 0 amide bonds. The fourth-order valence-corrected chi connectivity index (χ4v) is 2.78. The molecule has 0 N–H and O–H groups in total. The molecule has 0 spiro atoms. The van der Waals surface area contributed by atoms with Crippen LogP contribution in [0.2, 0.25) is 0 Å². The molecule has 1 aliphatic rings. The van der Waals surface area contributed by atoms with Crippen molar-refractivity contribution in [2.45, 2.75) is 0 Å². The molecule has 1 saturated heterocycles. The third-order valence-electron chi connectivity index (χ3n) is 2.02. The molecule has 0 aliphatic carbocycles. The minimum Gasteiger partial charge on any atom is -0.301 e. The highest BCUT2D eigenvalue weighted by Crippen LogP contribution is 2.08. The topological polar surface area (TPSA) is 46.6 Å². The minimum absolute atomic E-state index is 0.105. The maximum absolute atomic E-state index is 11.0. The van der Waals surface area contributed by atoms with E-state index in [-0.39, 0.29) is 5.75 Å². The van der Waals surface area contributed by atoms with E-state index in [1.165, 1.54) is 7.11 Å². The maximum Gasteiger partial charge on any atom is 0.268 e. The van der Waals surface area contributed by atoms with Gasteiger partial charge in [0.15, 0.2) is 0 Å². The van der Waals surface area contributed by atoms with Crippen molar-refractivity contribution >= 4 is 21.9 Å². The molecule has 13 heavy (non-hydrogen) atoms. The summed E-state index contributed by atoms with van der Waals surface area (Å²) in [5.41, 5.74) is 0. The minimum atomic E-state index is -3.27. The Morgan fingerprint density at radius 1 is 1.38 bits per heavy atom. The van der Waals surface area contributed by atoms with E-state index >= 15 is 0 Å². The van der Waals surface area contributed by atoms with Gasteiger partial charge in [0.2, 0.25) is 0 Å². The predicted molar refractivity (Wildman–Crippen MR) is 54.6 cm³/mol. The normalized spacial score (nSPS) is 20.4. The van der Waals surface area contributed by atoms with E-state index < -0.39 is 10.1 Å². The van der Waals surface area contributed by atoms with Gasteiger partial charge in [-0.05, 0) is 0 Å². The Kier molecular flexibility index (Phi) is 4.51. The van der Waals surface area contributed by atoms with E-state index in [1.807, 2.05) is 11.8 Å². The summed E-state index contributed by atoms with van der Waals surface area (Å²) in [4.78, 5) is 2.16. The molecule has 1 fully saturated rings. The molecule has 0 atom stereocenters. The molecule has 1 heterocycles. The molecule has 0 radical (unpaired) electrons. The quantitative estimate of drug-likeness (QED) is 0.631. The lowest BCUT2D eigenvalue weighted by Gasteiger charge is -2.25. The van der Waals surface area contributed by atoms with Gasteiger partial charge < -0.3 is 4.90 Å². The summed E-state index contributed by atoms with van der Waals surface area (Å²) in [5, 5.41) is 0. The summed E-state index contributed by atoms with van der Waals surface area (Å²) in [6.45, 7) is 2.57. The number of hydrogen-bond donors (Lipinski definition) is 0. The van der Waals surface area contributed by atoms with Gasteiger partial charge in [-0.2, -0.15) is 20.2 Å². The van der Waals surface area contributed by atoms with Crippen LogP contribution in [-0.2, 0) is 14.3 Å². The van der Waals surface area contributed by atoms with Crippen LogP contribution >= 0.6 is 11.8 Å². The van der Waals surface area contributed by atoms with E-state index in [4.69, 9.17) is 0 Å². The van der Waals surface area contributed by atoms with E-state index in [0.29, 0.717) is 6.54 Å². The summed E-state index contributed by atoms with van der Waals surface area (Å²) < 4.78 is 26.3. The molecule has 0 aromatic rings. The van der Waals surface area contributed by atoms with Crippen molar-refractivity contribution in [2.24, 2.45) is 0 Å². The molecule has 78 valence electrons. The zero-order valence-electron chi connectivity index (χ0n) is 7.73. The molecule has 0 saturated carbocycles. The lowest BCUT2D eigenvalue weighted by atomic mass is 10.5. The van der Waals surface area contributed by atoms with Crippen molar-refractivity contribution in [3.8, 4) is 0 Å². The first kappa shape index (κ1) is 11.3. The van der Waals surface area contributed by atoms with Gasteiger partial charge in [-0.25, -0.2) is 0 Å². The Bertz CT molecular complexity index is 234. The molecule has 0 aromatic heterocycles. The summed E-state index contributed by atoms with van der Waals surface area (Å²) in [5.74, 6) is 2.31. The second-order valence-electron chi connectivity index (χ2n) is 2.88. The van der Waals surface area contributed by atoms with Crippen molar-refractivity contribution in [3.63, 3.8) is 0 Å². The molecule has 0 unspecified atom stereocenters. The van der Waals surface area contributed by atoms with Crippen molar-refractivity contribution in [1.82, 2.24) is 4.90 Å². The maximum atomic E-state index is 11.0. The average Bonchev–Trinajstić information content (AvgIpc) is 2.17. The van der Waals surface area contributed by atoms with Crippen LogP contribution in [0.15, 0.2) is 0 Å². The zero-order chi connectivity index (χ0) is 9.73. The molecule has 4 nitrogen and oxygen atoms in total. The van der Waals surface area contributed by atoms with E-state index in [0.717, 1.165) is 24.6 Å². The van der Waals surface area contributed by atoms with Gasteiger partial charge in [-0.15, -0.1) is 0 Å². The Morgan fingerprint density at radius 3 is 2.54 bits per heavy atom. The van der Waals surface area contributed by atoms with Gasteiger partial charge in [0.1, 0.15) is 0 Å². The molecule has 1 aliphatic heterocycles. The second-order valence-corrected chi connectivity index (χ2v) is 5.96. The Labute approximate surface area is 83.8 Å². The molecular formula is C7H15NO3S2. The van der Waals surface area contributed by atoms with Crippen LogP contribution in [0, 0.1) is 0 Å². The summed E-state index contributed by atoms with van der Waals surface area (Å²) in [6.07, 6.45) is 0. The summed E-state index contributed by atoms with van der Waals surface area (Å²) >= 11 is 1.92. The Morgan fingerprint density at radius 2 is 2.00 bits per heavy atom. The van der Waals surface area contributed by atoms with Crippen LogP contribution in [0.1, 0.15) is 0 Å². The van der Waals surface area contributed by atoms with Gasteiger partial charge in [0, 0.05) is 31.1 Å². The van der Waals surface area contributed by atoms with Crippen molar-refractivity contribution < 1.29 is 12.6 Å². The zero-order valence-corrected chi connectivity index (χ0v) is 9.36. The highest BCUT2D eigenvalue weighted by Gasteiger charge is 2.14. The monoisotopic (exact) mass is 225 g/mol. The Balaban J connectivity index is 2.25. The number of hydrogen-bond acceptors (Lipinski definition) is 5. The van der Waals surface area contributed by atoms with Crippen LogP contribution in [0.3, 0.4) is 0 Å². The third kappa shape index (κ3) is 4.30. The first-order valence-electron chi connectivity index (χ1n) is 4.22. The fourth-order valence-electron chi connectivity index (χ4n) is 1.15. The fraction of sp³-hybridized carbons (Fsp3) is 1.00. The van der Waals surface area contributed by atoms with E-state index in [1.54, 1.807) is 0 Å². The highest BCUT2D eigenvalue weighted by atomic mass is 32.2. The van der Waals surface area contributed by atoms with Crippen molar-refractivity contribution in [1.29, 1.82) is 0 Å². The van der Waals surface area contributed by atoms with Crippen LogP contribution in [0.5, 0.6) is 0 Å². The molecule has 0 aromatic carbocycles. The second kappa shape index (κ2) is 5.19. The molecule has 6 heteroatoms. The predicted octanol–water partition coefficient (Wildman–Crippen LogP) is 0.0114. The Hall–Kier alpha value is 0.220. The van der Waals surface area contributed by atoms with E-state index in [2.05, 4.69) is 9.08 Å². The molecular weight excluding hydrogens is 210 g/mol. The first-order valence-corrected chi connectivity index (χ1v) is 6.96. The van der Waals surface area contributed by atoms with Crippen LogP contribution in [0.4, 0.5) is 0 Å². The summed E-state index contributed by atoms with van der Waals surface area (Å²) in [7, 11) is -2.06. The number of rotatable bonds is 4. The lowest BCUT2D eigenvalue weighted by Crippen LogP contribution is -2.36.